The Morgan fingerprint density at radius 3 is 2.44 bits per heavy atom. The molecule has 3 amide bonds. The molecule has 1 aliphatic carbocycles. The zero-order chi connectivity index (χ0) is 31.9. The third-order valence-corrected chi connectivity index (χ3v) is 8.76. The third-order valence-electron chi connectivity index (χ3n) is 8.44. The molecule has 1 N–H and O–H groups in total. The molecule has 2 fully saturated rings. The van der Waals surface area contributed by atoms with Crippen molar-refractivity contribution in [2.75, 3.05) is 41.8 Å². The van der Waals surface area contributed by atoms with E-state index in [2.05, 4.69) is 22.9 Å². The number of rotatable bonds is 7. The molecule has 1 saturated carbocycles. The van der Waals surface area contributed by atoms with E-state index in [0.717, 1.165) is 35.2 Å². The van der Waals surface area contributed by atoms with Crippen molar-refractivity contribution < 1.29 is 23.2 Å². The number of amides is 3. The van der Waals surface area contributed by atoms with Gasteiger partial charge in [0.1, 0.15) is 5.82 Å². The molecule has 3 heterocycles. The van der Waals surface area contributed by atoms with Crippen LogP contribution in [0.15, 0.2) is 83.4 Å². The first kappa shape index (κ1) is 30.5. The number of carbonyl (C=O) groups excluding carboxylic acids is 3. The number of halogens is 2. The average molecular weight is 630 g/mol. The fraction of sp³-hybridized carbons (Fsp3) is 0.294. The van der Waals surface area contributed by atoms with Crippen LogP contribution < -0.4 is 15.1 Å². The SMILES string of the molecule is CC1=C(/C=C(\S)C(=O)N(C)C2CC2)CCN(C(=O)c2ccc(NC(=O)c3cccnc3N3CC(F)(F)C3)cc2)c2ccccc21. The normalized spacial score (nSPS) is 17.7. The Hall–Kier alpha value is -4.51. The predicted octanol–water partition coefficient (Wildman–Crippen LogP) is 6.05. The molecule has 0 spiro atoms. The highest BCUT2D eigenvalue weighted by Crippen LogP contribution is 2.36. The van der Waals surface area contributed by atoms with Gasteiger partial charge in [-0.05, 0) is 85.9 Å². The van der Waals surface area contributed by atoms with Crippen LogP contribution in [0, 0.1) is 0 Å². The van der Waals surface area contributed by atoms with Gasteiger partial charge in [0.25, 0.3) is 23.6 Å². The Kier molecular flexibility index (Phi) is 8.22. The number of anilines is 3. The van der Waals surface area contributed by atoms with Gasteiger partial charge in [0, 0.05) is 42.6 Å². The molecule has 8 nitrogen and oxygen atoms in total. The first-order chi connectivity index (χ1) is 21.5. The van der Waals surface area contributed by atoms with Gasteiger partial charge in [-0.2, -0.15) is 0 Å². The van der Waals surface area contributed by atoms with Crippen molar-refractivity contribution in [2.24, 2.45) is 0 Å². The molecule has 0 radical (unpaired) electrons. The minimum atomic E-state index is -2.80. The van der Waals surface area contributed by atoms with Gasteiger partial charge < -0.3 is 20.0 Å². The minimum absolute atomic E-state index is 0.111. The van der Waals surface area contributed by atoms with Crippen molar-refractivity contribution in [3.63, 3.8) is 0 Å². The van der Waals surface area contributed by atoms with Crippen LogP contribution in [0.4, 0.5) is 26.0 Å². The molecule has 232 valence electrons. The van der Waals surface area contributed by atoms with Crippen LogP contribution in [0.1, 0.15) is 52.5 Å². The van der Waals surface area contributed by atoms with Gasteiger partial charge in [0.15, 0.2) is 0 Å². The van der Waals surface area contributed by atoms with Crippen molar-refractivity contribution in [1.82, 2.24) is 9.88 Å². The Balaban J connectivity index is 1.18. The number of allylic oxidation sites excluding steroid dienone is 2. The number of hydrogen-bond donors (Lipinski definition) is 2. The van der Waals surface area contributed by atoms with E-state index in [1.54, 1.807) is 53.2 Å². The Morgan fingerprint density at radius 1 is 1.04 bits per heavy atom. The summed E-state index contributed by atoms with van der Waals surface area (Å²) in [6.07, 6.45) is 5.84. The quantitative estimate of drug-likeness (QED) is 0.246. The predicted molar refractivity (Wildman–Crippen MR) is 174 cm³/mol. The van der Waals surface area contributed by atoms with Gasteiger partial charge in [-0.3, -0.25) is 14.4 Å². The van der Waals surface area contributed by atoms with E-state index in [9.17, 15) is 23.2 Å². The standard InChI is InChI=1S/C34H33F2N5O3S/c1-21-23(18-29(45)33(44)39(2)25-13-14-25)15-17-41(28-8-4-3-6-26(21)28)32(43)22-9-11-24(12-10-22)38-31(42)27-7-5-16-37-30(27)40-19-34(35,36)20-40/h3-12,16,18,25,45H,13-15,17,19-20H2,1-2H3,(H,38,42)/b29-18-. The van der Waals surface area contributed by atoms with Crippen LogP contribution in [0.5, 0.6) is 0 Å². The van der Waals surface area contributed by atoms with E-state index in [0.29, 0.717) is 29.1 Å². The fourth-order valence-corrected chi connectivity index (χ4v) is 6.02. The zero-order valence-corrected chi connectivity index (χ0v) is 25.9. The van der Waals surface area contributed by atoms with Gasteiger partial charge in [0.05, 0.1) is 29.2 Å². The number of thiol groups is 1. The van der Waals surface area contributed by atoms with Crippen LogP contribution in [-0.4, -0.2) is 66.3 Å². The lowest BCUT2D eigenvalue weighted by molar-refractivity contribution is -0.125. The van der Waals surface area contributed by atoms with Gasteiger partial charge in [0.2, 0.25) is 0 Å². The molecule has 3 aromatic rings. The molecule has 6 rings (SSSR count). The number of nitrogens with zero attached hydrogens (tertiary/aromatic N) is 4. The molecular formula is C34H33F2N5O3S. The lowest BCUT2D eigenvalue weighted by atomic mass is 9.99. The van der Waals surface area contributed by atoms with E-state index >= 15 is 0 Å². The van der Waals surface area contributed by atoms with Crippen LogP contribution >= 0.6 is 12.6 Å². The monoisotopic (exact) mass is 629 g/mol. The number of para-hydroxylation sites is 1. The summed E-state index contributed by atoms with van der Waals surface area (Å²) < 4.78 is 26.9. The van der Waals surface area contributed by atoms with Crippen molar-refractivity contribution in [1.29, 1.82) is 0 Å². The van der Waals surface area contributed by atoms with Crippen molar-refractivity contribution >= 4 is 53.1 Å². The van der Waals surface area contributed by atoms with Crippen molar-refractivity contribution in [2.45, 2.75) is 38.2 Å². The van der Waals surface area contributed by atoms with Gasteiger partial charge >= 0.3 is 0 Å². The molecule has 1 aromatic heterocycles. The fourth-order valence-electron chi connectivity index (χ4n) is 5.70. The summed E-state index contributed by atoms with van der Waals surface area (Å²) in [6.45, 7) is 1.41. The summed E-state index contributed by atoms with van der Waals surface area (Å²) in [7, 11) is 1.80. The molecule has 0 bridgehead atoms. The topological polar surface area (TPSA) is 85.8 Å². The van der Waals surface area contributed by atoms with Gasteiger partial charge in [-0.15, -0.1) is 12.6 Å². The van der Waals surface area contributed by atoms with E-state index in [1.807, 2.05) is 37.3 Å². The summed E-state index contributed by atoms with van der Waals surface area (Å²) in [5, 5.41) is 2.78. The average Bonchev–Trinajstić information content (AvgIpc) is 3.89. The maximum atomic E-state index is 13.9. The number of carbonyl (C=O) groups is 3. The molecule has 45 heavy (non-hydrogen) atoms. The lowest BCUT2D eigenvalue weighted by Gasteiger charge is -2.40. The van der Waals surface area contributed by atoms with Crippen LogP contribution in [-0.2, 0) is 4.79 Å². The number of nitrogens with one attached hydrogen (secondary N) is 1. The van der Waals surface area contributed by atoms with Crippen molar-refractivity contribution in [3.05, 3.63) is 100 Å². The highest BCUT2D eigenvalue weighted by molar-refractivity contribution is 7.85. The number of hydrogen-bond acceptors (Lipinski definition) is 6. The summed E-state index contributed by atoms with van der Waals surface area (Å²) >= 11 is 4.54. The first-order valence-electron chi connectivity index (χ1n) is 14.8. The summed E-state index contributed by atoms with van der Waals surface area (Å²) in [6, 6.07) is 17.6. The number of fused-ring (bicyclic) bond motifs is 1. The molecule has 1 saturated heterocycles. The molecule has 11 heteroatoms. The largest absolute Gasteiger partial charge is 0.344 e. The smallest absolute Gasteiger partial charge is 0.282 e. The maximum absolute atomic E-state index is 13.9. The highest BCUT2D eigenvalue weighted by Gasteiger charge is 2.45. The number of pyridine rings is 1. The number of alkyl halides is 2. The number of benzene rings is 2. The molecule has 2 aliphatic heterocycles. The lowest BCUT2D eigenvalue weighted by Crippen LogP contribution is -2.57. The number of likely N-dealkylation sites (N-methyl/N-ethyl adjacent to an activating group) is 1. The Labute approximate surface area is 265 Å². The van der Waals surface area contributed by atoms with E-state index in [1.165, 1.54) is 11.1 Å². The summed E-state index contributed by atoms with van der Waals surface area (Å²) in [5.41, 5.74) is 4.65. The van der Waals surface area contributed by atoms with Crippen molar-refractivity contribution in [3.8, 4) is 0 Å². The molecule has 2 aromatic carbocycles. The van der Waals surface area contributed by atoms with Gasteiger partial charge in [-0.1, -0.05) is 18.2 Å². The van der Waals surface area contributed by atoms with E-state index in [4.69, 9.17) is 0 Å². The minimum Gasteiger partial charge on any atom is -0.344 e. The second-order valence-electron chi connectivity index (χ2n) is 11.7. The van der Waals surface area contributed by atoms with Crippen LogP contribution in [0.3, 0.4) is 0 Å². The Bertz CT molecular complexity index is 1730. The van der Waals surface area contributed by atoms with Crippen LogP contribution in [0.2, 0.25) is 0 Å². The Morgan fingerprint density at radius 2 is 1.76 bits per heavy atom. The van der Waals surface area contributed by atoms with Gasteiger partial charge in [-0.25, -0.2) is 13.8 Å². The highest BCUT2D eigenvalue weighted by atomic mass is 32.1. The molecule has 0 atom stereocenters. The summed E-state index contributed by atoms with van der Waals surface area (Å²) in [4.78, 5) is 49.2. The second-order valence-corrected chi connectivity index (χ2v) is 12.2. The maximum Gasteiger partial charge on any atom is 0.282 e. The number of aromatic nitrogens is 1. The third kappa shape index (κ3) is 6.35. The second kappa shape index (κ2) is 12.1. The molecular weight excluding hydrogens is 596 g/mol. The molecule has 0 unspecified atom stereocenters. The van der Waals surface area contributed by atoms with E-state index < -0.39 is 24.9 Å². The summed E-state index contributed by atoms with van der Waals surface area (Å²) in [5.74, 6) is -3.39. The molecule has 3 aliphatic rings. The van der Waals surface area contributed by atoms with E-state index in [-0.39, 0.29) is 29.2 Å². The van der Waals surface area contributed by atoms with Crippen LogP contribution in [0.25, 0.3) is 5.57 Å². The first-order valence-corrected chi connectivity index (χ1v) is 15.3. The zero-order valence-electron chi connectivity index (χ0n) is 25.0.